The van der Waals surface area contributed by atoms with E-state index in [-0.39, 0.29) is 30.6 Å². The minimum Gasteiger partial charge on any atom is -0.467 e. The highest BCUT2D eigenvalue weighted by atomic mass is 16.5. The fraction of sp³-hybridized carbons (Fsp3) is 0.444. The summed E-state index contributed by atoms with van der Waals surface area (Å²) in [5.74, 6) is -1.65. The minimum absolute atomic E-state index is 0.0804. The van der Waals surface area contributed by atoms with Gasteiger partial charge < -0.3 is 15.4 Å². The molecule has 1 saturated carbocycles. The Labute approximate surface area is 146 Å². The predicted molar refractivity (Wildman–Crippen MR) is 89.7 cm³/mol. The van der Waals surface area contributed by atoms with E-state index in [1.807, 2.05) is 0 Å². The molecule has 1 aromatic carbocycles. The number of hydrogen-bond donors (Lipinski definition) is 2. The first-order valence-electron chi connectivity index (χ1n) is 8.23. The van der Waals surface area contributed by atoms with Gasteiger partial charge >= 0.3 is 5.97 Å². The van der Waals surface area contributed by atoms with E-state index in [2.05, 4.69) is 10.6 Å². The smallest absolute Gasteiger partial charge is 0.328 e. The summed E-state index contributed by atoms with van der Waals surface area (Å²) in [4.78, 5) is 47.7. The number of carbonyl (C=O) groups excluding carboxylic acids is 4. The molecule has 7 heteroatoms. The standard InChI is InChI=1S/C18H22N2O5/c1-25-18(24)16(13-8-5-9-14(21)10-13)20-15(22)11-19-17(23)12-6-3-2-4-7-12/h2-4,6-7,13,16H,5,8-11H2,1H3,(H,19,23)(H,20,22)/t13-,16+/m1/s1. The van der Waals surface area contributed by atoms with Crippen molar-refractivity contribution < 1.29 is 23.9 Å². The summed E-state index contributed by atoms with van der Waals surface area (Å²) in [7, 11) is 1.24. The van der Waals surface area contributed by atoms with Gasteiger partial charge in [-0.1, -0.05) is 18.2 Å². The molecule has 7 nitrogen and oxygen atoms in total. The maximum absolute atomic E-state index is 12.1. The number of esters is 1. The number of ketones is 1. The molecule has 1 aromatic rings. The molecule has 0 unspecified atom stereocenters. The van der Waals surface area contributed by atoms with Gasteiger partial charge in [-0.15, -0.1) is 0 Å². The molecule has 1 aliphatic carbocycles. The monoisotopic (exact) mass is 346 g/mol. The SMILES string of the molecule is COC(=O)[C@@H](NC(=O)CNC(=O)c1ccccc1)[C@@H]1CCCC(=O)C1. The molecular formula is C18H22N2O5. The first kappa shape index (κ1) is 18.6. The second-order valence-corrected chi connectivity index (χ2v) is 6.01. The number of amides is 2. The Morgan fingerprint density at radius 3 is 2.60 bits per heavy atom. The van der Waals surface area contributed by atoms with E-state index in [0.29, 0.717) is 24.8 Å². The first-order valence-corrected chi connectivity index (χ1v) is 8.23. The van der Waals surface area contributed by atoms with Crippen molar-refractivity contribution in [3.05, 3.63) is 35.9 Å². The van der Waals surface area contributed by atoms with Crippen LogP contribution in [0.1, 0.15) is 36.0 Å². The number of ether oxygens (including phenoxy) is 1. The Morgan fingerprint density at radius 1 is 1.24 bits per heavy atom. The Hall–Kier alpha value is -2.70. The van der Waals surface area contributed by atoms with Crippen LogP contribution < -0.4 is 10.6 Å². The van der Waals surface area contributed by atoms with Crippen molar-refractivity contribution in [2.24, 2.45) is 5.92 Å². The Kier molecular flexibility index (Phi) is 6.68. The van der Waals surface area contributed by atoms with Gasteiger partial charge in [0.25, 0.3) is 5.91 Å². The molecule has 0 aromatic heterocycles. The van der Waals surface area contributed by atoms with Crippen LogP contribution in [0.5, 0.6) is 0 Å². The van der Waals surface area contributed by atoms with E-state index in [0.717, 1.165) is 0 Å². The quantitative estimate of drug-likeness (QED) is 0.743. The van der Waals surface area contributed by atoms with Crippen LogP contribution in [0.25, 0.3) is 0 Å². The van der Waals surface area contributed by atoms with Gasteiger partial charge in [0.15, 0.2) is 0 Å². The van der Waals surface area contributed by atoms with E-state index in [9.17, 15) is 19.2 Å². The molecule has 2 amide bonds. The Balaban J connectivity index is 1.91. The Morgan fingerprint density at radius 2 is 1.96 bits per heavy atom. The lowest BCUT2D eigenvalue weighted by molar-refractivity contribution is -0.147. The largest absolute Gasteiger partial charge is 0.467 e. The van der Waals surface area contributed by atoms with Crippen molar-refractivity contribution in [1.82, 2.24) is 10.6 Å². The van der Waals surface area contributed by atoms with E-state index < -0.39 is 17.9 Å². The van der Waals surface area contributed by atoms with E-state index >= 15 is 0 Å². The highest BCUT2D eigenvalue weighted by molar-refractivity contribution is 5.97. The third-order valence-electron chi connectivity index (χ3n) is 4.21. The fourth-order valence-electron chi connectivity index (χ4n) is 2.92. The van der Waals surface area contributed by atoms with Crippen molar-refractivity contribution in [3.63, 3.8) is 0 Å². The van der Waals surface area contributed by atoms with E-state index in [1.54, 1.807) is 30.3 Å². The van der Waals surface area contributed by atoms with Gasteiger partial charge in [-0.05, 0) is 30.9 Å². The summed E-state index contributed by atoms with van der Waals surface area (Å²) in [6.07, 6.45) is 2.11. The second-order valence-electron chi connectivity index (χ2n) is 6.01. The molecule has 2 N–H and O–H groups in total. The highest BCUT2D eigenvalue weighted by Gasteiger charge is 2.34. The minimum atomic E-state index is -0.879. The summed E-state index contributed by atoms with van der Waals surface area (Å²) in [5, 5.41) is 5.09. The van der Waals surface area contributed by atoms with Crippen LogP contribution in [0.15, 0.2) is 30.3 Å². The normalized spacial score (nSPS) is 18.1. The van der Waals surface area contributed by atoms with Crippen molar-refractivity contribution in [3.8, 4) is 0 Å². The lowest BCUT2D eigenvalue weighted by atomic mass is 9.83. The summed E-state index contributed by atoms with van der Waals surface area (Å²) in [5.41, 5.74) is 0.442. The fourth-order valence-corrected chi connectivity index (χ4v) is 2.92. The zero-order valence-electron chi connectivity index (χ0n) is 14.1. The number of benzene rings is 1. The molecular weight excluding hydrogens is 324 g/mol. The first-order chi connectivity index (χ1) is 12.0. The molecule has 1 aliphatic rings. The van der Waals surface area contributed by atoms with Crippen LogP contribution in [-0.4, -0.2) is 43.3 Å². The van der Waals surface area contributed by atoms with Crippen molar-refractivity contribution in [2.45, 2.75) is 31.7 Å². The zero-order chi connectivity index (χ0) is 18.2. The number of rotatable bonds is 6. The van der Waals surface area contributed by atoms with Gasteiger partial charge in [0.05, 0.1) is 13.7 Å². The number of nitrogens with one attached hydrogen (secondary N) is 2. The summed E-state index contributed by atoms with van der Waals surface area (Å²) in [6, 6.07) is 7.63. The molecule has 2 atom stereocenters. The van der Waals surface area contributed by atoms with Crippen molar-refractivity contribution >= 4 is 23.6 Å². The van der Waals surface area contributed by atoms with Crippen LogP contribution >= 0.6 is 0 Å². The lowest BCUT2D eigenvalue weighted by Crippen LogP contribution is -2.50. The average molecular weight is 346 g/mol. The summed E-state index contributed by atoms with van der Waals surface area (Å²) >= 11 is 0. The van der Waals surface area contributed by atoms with Gasteiger partial charge in [0.2, 0.25) is 5.91 Å². The maximum Gasteiger partial charge on any atom is 0.328 e. The summed E-state index contributed by atoms with van der Waals surface area (Å²) < 4.78 is 4.74. The number of methoxy groups -OCH3 is 1. The second kappa shape index (κ2) is 8.96. The van der Waals surface area contributed by atoms with Crippen LogP contribution in [0.3, 0.4) is 0 Å². The molecule has 2 rings (SSSR count). The molecule has 0 saturated heterocycles. The average Bonchev–Trinajstić information content (AvgIpc) is 2.64. The third-order valence-corrected chi connectivity index (χ3v) is 4.21. The van der Waals surface area contributed by atoms with Crippen molar-refractivity contribution in [1.29, 1.82) is 0 Å². The van der Waals surface area contributed by atoms with Gasteiger partial charge in [-0.25, -0.2) is 4.79 Å². The topological polar surface area (TPSA) is 102 Å². The van der Waals surface area contributed by atoms with Crippen molar-refractivity contribution in [2.75, 3.05) is 13.7 Å². The maximum atomic E-state index is 12.1. The number of hydrogen-bond acceptors (Lipinski definition) is 5. The highest BCUT2D eigenvalue weighted by Crippen LogP contribution is 2.25. The van der Waals surface area contributed by atoms with Crippen LogP contribution in [0.2, 0.25) is 0 Å². The van der Waals surface area contributed by atoms with Gasteiger partial charge in [0.1, 0.15) is 11.8 Å². The zero-order valence-corrected chi connectivity index (χ0v) is 14.1. The molecule has 134 valence electrons. The third kappa shape index (κ3) is 5.41. The van der Waals surface area contributed by atoms with Gasteiger partial charge in [0, 0.05) is 18.4 Å². The molecule has 0 heterocycles. The van der Waals surface area contributed by atoms with E-state index in [4.69, 9.17) is 4.74 Å². The van der Waals surface area contributed by atoms with Crippen LogP contribution in [-0.2, 0) is 19.1 Å². The molecule has 0 radical (unpaired) electrons. The predicted octanol–water partition coefficient (Wildman–Crippen LogP) is 0.834. The molecule has 0 spiro atoms. The number of Topliss-reactive ketones (excluding diaryl/α,β-unsaturated/α-hetero) is 1. The summed E-state index contributed by atoms with van der Waals surface area (Å²) in [6.45, 7) is -0.262. The van der Waals surface area contributed by atoms with Crippen LogP contribution in [0.4, 0.5) is 0 Å². The van der Waals surface area contributed by atoms with Crippen LogP contribution in [0, 0.1) is 5.92 Å². The molecule has 25 heavy (non-hydrogen) atoms. The van der Waals surface area contributed by atoms with E-state index in [1.165, 1.54) is 7.11 Å². The number of carbonyl (C=O) groups is 4. The Bertz CT molecular complexity index is 644. The molecule has 0 bridgehead atoms. The molecule has 1 fully saturated rings. The lowest BCUT2D eigenvalue weighted by Gasteiger charge is -2.28. The van der Waals surface area contributed by atoms with Gasteiger partial charge in [-0.2, -0.15) is 0 Å². The van der Waals surface area contributed by atoms with Gasteiger partial charge in [-0.3, -0.25) is 14.4 Å². The molecule has 0 aliphatic heterocycles.